The van der Waals surface area contributed by atoms with Gasteiger partial charge in [0.2, 0.25) is 5.91 Å². The number of nitrogens with one attached hydrogen (secondary N) is 1. The maximum Gasteiger partial charge on any atom is 0.334 e. The summed E-state index contributed by atoms with van der Waals surface area (Å²) in [5.41, 5.74) is 1.07. The Labute approximate surface area is 156 Å². The van der Waals surface area contributed by atoms with E-state index in [0.29, 0.717) is 11.1 Å². The van der Waals surface area contributed by atoms with E-state index >= 15 is 0 Å². The van der Waals surface area contributed by atoms with Crippen LogP contribution in [0, 0.1) is 0 Å². The van der Waals surface area contributed by atoms with Gasteiger partial charge in [0.15, 0.2) is 6.10 Å². The summed E-state index contributed by atoms with van der Waals surface area (Å²) >= 11 is 0. The van der Waals surface area contributed by atoms with Crippen LogP contribution in [0.15, 0.2) is 60.7 Å². The van der Waals surface area contributed by atoms with Crippen molar-refractivity contribution in [3.8, 4) is 0 Å². The van der Waals surface area contributed by atoms with Gasteiger partial charge in [0, 0.05) is 12.1 Å². The monoisotopic (exact) mass is 368 g/mol. The molecule has 2 aromatic carbocycles. The maximum absolute atomic E-state index is 13.1. The normalized spacial score (nSPS) is 17.8. The Bertz CT molecular complexity index is 810. The Morgan fingerprint density at radius 1 is 1.04 bits per heavy atom. The van der Waals surface area contributed by atoms with Crippen molar-refractivity contribution >= 4 is 17.8 Å². The lowest BCUT2D eigenvalue weighted by Gasteiger charge is -2.33. The van der Waals surface area contributed by atoms with Crippen molar-refractivity contribution in [3.05, 3.63) is 71.8 Å². The third-order valence-electron chi connectivity index (χ3n) is 4.34. The Morgan fingerprint density at radius 3 is 2.30 bits per heavy atom. The third kappa shape index (κ3) is 4.51. The molecule has 27 heavy (non-hydrogen) atoms. The Balaban J connectivity index is 1.83. The molecule has 0 saturated carbocycles. The highest BCUT2D eigenvalue weighted by molar-refractivity contribution is 5.98. The van der Waals surface area contributed by atoms with Crippen molar-refractivity contribution in [1.29, 1.82) is 0 Å². The molecule has 3 rings (SSSR count). The molecule has 2 unspecified atom stereocenters. The van der Waals surface area contributed by atoms with Crippen molar-refractivity contribution in [1.82, 2.24) is 10.2 Å². The van der Waals surface area contributed by atoms with Crippen LogP contribution in [0.2, 0.25) is 0 Å². The van der Waals surface area contributed by atoms with E-state index in [1.807, 2.05) is 6.07 Å². The van der Waals surface area contributed by atoms with Crippen molar-refractivity contribution in [2.75, 3.05) is 19.7 Å². The highest BCUT2D eigenvalue weighted by Gasteiger charge is 2.33. The number of nitrogens with zero attached hydrogens (tertiary/aromatic N) is 1. The molecule has 1 heterocycles. The number of morpholine rings is 1. The van der Waals surface area contributed by atoms with Crippen molar-refractivity contribution in [3.63, 3.8) is 0 Å². The van der Waals surface area contributed by atoms with Crippen LogP contribution in [0.25, 0.3) is 0 Å². The first-order chi connectivity index (χ1) is 13.1. The van der Waals surface area contributed by atoms with Crippen LogP contribution >= 0.6 is 0 Å². The van der Waals surface area contributed by atoms with E-state index in [-0.39, 0.29) is 31.5 Å². The second kappa shape index (κ2) is 8.46. The lowest BCUT2D eigenvalue weighted by molar-refractivity contribution is -0.160. The molecule has 0 spiro atoms. The number of benzene rings is 2. The highest BCUT2D eigenvalue weighted by Crippen LogP contribution is 2.19. The predicted molar refractivity (Wildman–Crippen MR) is 97.0 cm³/mol. The lowest BCUT2D eigenvalue weighted by atomic mass is 10.0. The fourth-order valence-corrected chi connectivity index (χ4v) is 2.92. The van der Waals surface area contributed by atoms with E-state index < -0.39 is 18.1 Å². The van der Waals surface area contributed by atoms with Crippen molar-refractivity contribution in [2.24, 2.45) is 0 Å². The summed E-state index contributed by atoms with van der Waals surface area (Å²) in [4.78, 5) is 38.3. The molecule has 0 aromatic heterocycles. The van der Waals surface area contributed by atoms with Gasteiger partial charge >= 0.3 is 5.97 Å². The molecule has 7 nitrogen and oxygen atoms in total. The Kier molecular flexibility index (Phi) is 5.83. The standard InChI is InChI=1S/C20H20N2O5/c23-18(15-9-5-2-6-10-15)21-17(14-7-3-1-4-8-14)19(24)22-11-12-27-16(13-22)20(25)26/h1-10,16-17H,11-13H2,(H,21,23)(H,25,26). The molecule has 1 saturated heterocycles. The summed E-state index contributed by atoms with van der Waals surface area (Å²) in [5, 5.41) is 11.9. The second-order valence-corrected chi connectivity index (χ2v) is 6.17. The SMILES string of the molecule is O=C(NC(C(=O)N1CCOC(C(=O)O)C1)c1ccccc1)c1ccccc1. The summed E-state index contributed by atoms with van der Waals surface area (Å²) in [6.45, 7) is 0.350. The summed E-state index contributed by atoms with van der Waals surface area (Å²) < 4.78 is 5.17. The topological polar surface area (TPSA) is 95.9 Å². The van der Waals surface area contributed by atoms with Crippen LogP contribution in [0.3, 0.4) is 0 Å². The smallest absolute Gasteiger partial charge is 0.334 e. The molecule has 2 aromatic rings. The van der Waals surface area contributed by atoms with Gasteiger partial charge in [-0.15, -0.1) is 0 Å². The van der Waals surface area contributed by atoms with E-state index in [1.165, 1.54) is 4.90 Å². The molecule has 140 valence electrons. The molecule has 7 heteroatoms. The first-order valence-electron chi connectivity index (χ1n) is 8.60. The zero-order valence-electron chi connectivity index (χ0n) is 14.6. The van der Waals surface area contributed by atoms with E-state index in [9.17, 15) is 14.4 Å². The van der Waals surface area contributed by atoms with Crippen LogP contribution in [0.5, 0.6) is 0 Å². The number of aliphatic carboxylic acids is 1. The molecule has 1 fully saturated rings. The van der Waals surface area contributed by atoms with E-state index in [1.54, 1.807) is 54.6 Å². The van der Waals surface area contributed by atoms with Crippen LogP contribution < -0.4 is 5.32 Å². The molecule has 1 aliphatic heterocycles. The minimum absolute atomic E-state index is 0.0568. The zero-order chi connectivity index (χ0) is 19.2. The minimum atomic E-state index is -1.11. The Hall–Kier alpha value is -3.19. The van der Waals surface area contributed by atoms with Crippen LogP contribution in [0.1, 0.15) is 22.0 Å². The fourth-order valence-electron chi connectivity index (χ4n) is 2.92. The number of hydrogen-bond donors (Lipinski definition) is 2. The number of ether oxygens (including phenoxy) is 1. The van der Waals surface area contributed by atoms with Crippen LogP contribution in [0.4, 0.5) is 0 Å². The molecule has 2 atom stereocenters. The highest BCUT2D eigenvalue weighted by atomic mass is 16.5. The Morgan fingerprint density at radius 2 is 1.67 bits per heavy atom. The maximum atomic E-state index is 13.1. The molecule has 1 aliphatic rings. The molecule has 0 bridgehead atoms. The van der Waals surface area contributed by atoms with Crippen LogP contribution in [-0.4, -0.2) is 53.6 Å². The summed E-state index contributed by atoms with van der Waals surface area (Å²) in [6.07, 6.45) is -1.07. The number of carboxylic acid groups (broad SMARTS) is 1. The van der Waals surface area contributed by atoms with Gasteiger partial charge in [-0.25, -0.2) is 4.79 Å². The predicted octanol–water partition coefficient (Wildman–Crippen LogP) is 1.47. The summed E-state index contributed by atoms with van der Waals surface area (Å²) in [7, 11) is 0. The largest absolute Gasteiger partial charge is 0.479 e. The first kappa shape index (κ1) is 18.6. The number of carbonyl (C=O) groups is 3. The van der Waals surface area contributed by atoms with Gasteiger partial charge in [0.25, 0.3) is 5.91 Å². The van der Waals surface area contributed by atoms with Gasteiger partial charge in [-0.3, -0.25) is 9.59 Å². The van der Waals surface area contributed by atoms with E-state index in [4.69, 9.17) is 9.84 Å². The average Bonchev–Trinajstić information content (AvgIpc) is 2.72. The molecule has 0 radical (unpaired) electrons. The summed E-state index contributed by atoms with van der Waals surface area (Å²) in [5.74, 6) is -1.85. The lowest BCUT2D eigenvalue weighted by Crippen LogP contribution is -2.52. The molecule has 0 aliphatic carbocycles. The average molecular weight is 368 g/mol. The van der Waals surface area contributed by atoms with Gasteiger partial charge in [0.05, 0.1) is 13.2 Å². The van der Waals surface area contributed by atoms with Gasteiger partial charge in [-0.05, 0) is 17.7 Å². The number of rotatable bonds is 5. The van der Waals surface area contributed by atoms with E-state index in [2.05, 4.69) is 5.32 Å². The zero-order valence-corrected chi connectivity index (χ0v) is 14.6. The van der Waals surface area contributed by atoms with Gasteiger partial charge in [-0.2, -0.15) is 0 Å². The van der Waals surface area contributed by atoms with E-state index in [0.717, 1.165) is 0 Å². The number of amides is 2. The van der Waals surface area contributed by atoms with Crippen LogP contribution in [-0.2, 0) is 14.3 Å². The number of carboxylic acids is 1. The molecular formula is C20H20N2O5. The second-order valence-electron chi connectivity index (χ2n) is 6.17. The summed E-state index contributed by atoms with van der Waals surface area (Å²) in [6, 6.07) is 16.6. The number of carbonyl (C=O) groups excluding carboxylic acids is 2. The van der Waals surface area contributed by atoms with Gasteiger partial charge < -0.3 is 20.1 Å². The van der Waals surface area contributed by atoms with Crippen molar-refractivity contribution in [2.45, 2.75) is 12.1 Å². The van der Waals surface area contributed by atoms with Gasteiger partial charge in [-0.1, -0.05) is 48.5 Å². The minimum Gasteiger partial charge on any atom is -0.479 e. The van der Waals surface area contributed by atoms with Crippen molar-refractivity contribution < 1.29 is 24.2 Å². The van der Waals surface area contributed by atoms with Gasteiger partial charge in [0.1, 0.15) is 6.04 Å². The fraction of sp³-hybridized carbons (Fsp3) is 0.250. The third-order valence-corrected chi connectivity index (χ3v) is 4.34. The molecule has 2 N–H and O–H groups in total. The molecule has 2 amide bonds. The number of hydrogen-bond acceptors (Lipinski definition) is 4. The first-order valence-corrected chi connectivity index (χ1v) is 8.60. The quantitative estimate of drug-likeness (QED) is 0.833. The molecular weight excluding hydrogens is 348 g/mol.